The lowest BCUT2D eigenvalue weighted by molar-refractivity contribution is -0.138. The molecule has 0 aliphatic rings. The van der Waals surface area contributed by atoms with Crippen molar-refractivity contribution in [1.29, 1.82) is 0 Å². The quantitative estimate of drug-likeness (QED) is 0.563. The molecule has 0 aromatic heterocycles. The second kappa shape index (κ2) is 5.11. The zero-order valence-electron chi connectivity index (χ0n) is 8.88. The largest absolute Gasteiger partial charge is 0.480 e. The van der Waals surface area contributed by atoms with Gasteiger partial charge in [-0.1, -0.05) is 6.07 Å². The molecule has 0 heterocycles. The molecule has 0 aliphatic heterocycles. The number of hydrogen-bond acceptors (Lipinski definition) is 3. The van der Waals surface area contributed by atoms with Crippen LogP contribution >= 0.6 is 7.60 Å². The first kappa shape index (κ1) is 14.7. The van der Waals surface area contributed by atoms with Gasteiger partial charge in [0.2, 0.25) is 0 Å². The lowest BCUT2D eigenvalue weighted by atomic mass is 10.1. The van der Waals surface area contributed by atoms with Gasteiger partial charge in [0.05, 0.1) is 0 Å². The number of aliphatic carboxylic acids is 1. The van der Waals surface area contributed by atoms with Crippen LogP contribution in [0.5, 0.6) is 0 Å². The Bertz CT molecular complexity index is 530. The fourth-order valence-corrected chi connectivity index (χ4v) is 2.29. The van der Waals surface area contributed by atoms with Crippen molar-refractivity contribution >= 4 is 18.9 Å². The van der Waals surface area contributed by atoms with Gasteiger partial charge >= 0.3 is 13.6 Å². The van der Waals surface area contributed by atoms with Crippen LogP contribution < -0.4 is 11.0 Å². The Morgan fingerprint density at radius 3 is 2.39 bits per heavy atom. The molecule has 0 spiro atoms. The third kappa shape index (κ3) is 3.11. The van der Waals surface area contributed by atoms with Crippen molar-refractivity contribution in [2.24, 2.45) is 5.73 Å². The molecule has 18 heavy (non-hydrogen) atoms. The summed E-state index contributed by atoms with van der Waals surface area (Å²) in [6, 6.07) is 0.0776. The predicted molar refractivity (Wildman–Crippen MR) is 57.4 cm³/mol. The summed E-state index contributed by atoms with van der Waals surface area (Å²) in [6.07, 6.45) is -0.521. The Hall–Kier alpha value is -1.34. The van der Waals surface area contributed by atoms with Crippen LogP contribution in [0.1, 0.15) is 5.56 Å². The molecular weight excluding hydrogens is 271 g/mol. The fourth-order valence-electron chi connectivity index (χ4n) is 1.38. The van der Waals surface area contributed by atoms with Crippen LogP contribution in [-0.2, 0) is 15.8 Å². The van der Waals surface area contributed by atoms with Gasteiger partial charge in [0.1, 0.15) is 11.3 Å². The average molecular weight is 281 g/mol. The van der Waals surface area contributed by atoms with Crippen molar-refractivity contribution < 1.29 is 33.0 Å². The lowest BCUT2D eigenvalue weighted by Gasteiger charge is -2.14. The molecule has 0 amide bonds. The molecular formula is C9H10F2NO5P. The standard InChI is InChI=1S/C9H10F2NO5P/c10-5-2-1-4(3-6(12)9(13)14)8(7(5)11)18(15,16)17/h1-2,6H,3,12H2,(H,13,14)(H2,15,16,17). The monoisotopic (exact) mass is 281 g/mol. The Morgan fingerprint density at radius 2 is 1.94 bits per heavy atom. The van der Waals surface area contributed by atoms with Crippen LogP contribution in [0.15, 0.2) is 12.1 Å². The minimum atomic E-state index is -5.07. The number of carbonyl (C=O) groups is 1. The van der Waals surface area contributed by atoms with E-state index in [1.54, 1.807) is 0 Å². The van der Waals surface area contributed by atoms with Crippen LogP contribution in [0.2, 0.25) is 0 Å². The highest BCUT2D eigenvalue weighted by Gasteiger charge is 2.29. The second-order valence-electron chi connectivity index (χ2n) is 3.56. The third-order valence-electron chi connectivity index (χ3n) is 2.20. The molecule has 0 saturated heterocycles. The van der Waals surface area contributed by atoms with Crippen molar-refractivity contribution in [3.8, 4) is 0 Å². The predicted octanol–water partition coefficient (Wildman–Crippen LogP) is -0.278. The number of benzene rings is 1. The minimum Gasteiger partial charge on any atom is -0.480 e. The first-order valence-electron chi connectivity index (χ1n) is 4.66. The van der Waals surface area contributed by atoms with Gasteiger partial charge in [-0.2, -0.15) is 0 Å². The first-order valence-corrected chi connectivity index (χ1v) is 6.27. The summed E-state index contributed by atoms with van der Waals surface area (Å²) >= 11 is 0. The lowest BCUT2D eigenvalue weighted by Crippen LogP contribution is -2.34. The Morgan fingerprint density at radius 1 is 1.39 bits per heavy atom. The number of nitrogens with two attached hydrogens (primary N) is 1. The smallest absolute Gasteiger partial charge is 0.359 e. The first-order chi connectivity index (χ1) is 8.14. The topological polar surface area (TPSA) is 121 Å². The molecule has 9 heteroatoms. The Balaban J connectivity index is 3.33. The van der Waals surface area contributed by atoms with E-state index in [0.29, 0.717) is 6.07 Å². The maximum absolute atomic E-state index is 13.4. The Kier molecular flexibility index (Phi) is 4.18. The van der Waals surface area contributed by atoms with E-state index < -0.39 is 43.0 Å². The number of halogens is 2. The molecule has 100 valence electrons. The summed E-state index contributed by atoms with van der Waals surface area (Å²) < 4.78 is 37.4. The van der Waals surface area contributed by atoms with Crippen molar-refractivity contribution in [1.82, 2.24) is 0 Å². The van der Waals surface area contributed by atoms with E-state index in [1.165, 1.54) is 0 Å². The summed E-state index contributed by atoms with van der Waals surface area (Å²) in [5.74, 6) is -4.55. The van der Waals surface area contributed by atoms with Gasteiger partial charge in [-0.3, -0.25) is 9.36 Å². The molecule has 0 radical (unpaired) electrons. The summed E-state index contributed by atoms with van der Waals surface area (Å²) in [7, 11) is -5.07. The number of carboxylic acids is 1. The number of rotatable bonds is 4. The van der Waals surface area contributed by atoms with E-state index in [4.69, 9.17) is 20.6 Å². The molecule has 5 N–H and O–H groups in total. The zero-order chi connectivity index (χ0) is 14.1. The second-order valence-corrected chi connectivity index (χ2v) is 5.10. The minimum absolute atomic E-state index is 0.336. The normalized spacial score (nSPS) is 13.4. The van der Waals surface area contributed by atoms with E-state index in [9.17, 15) is 18.1 Å². The summed E-state index contributed by atoms with van der Waals surface area (Å²) in [5, 5.41) is 7.42. The number of carboxylic acid groups (broad SMARTS) is 1. The summed E-state index contributed by atoms with van der Waals surface area (Å²) in [5.41, 5.74) is 4.84. The van der Waals surface area contributed by atoms with Crippen LogP contribution in [-0.4, -0.2) is 26.9 Å². The van der Waals surface area contributed by atoms with Gasteiger partial charge in [0.25, 0.3) is 0 Å². The molecule has 1 aromatic rings. The van der Waals surface area contributed by atoms with E-state index >= 15 is 0 Å². The fraction of sp³-hybridized carbons (Fsp3) is 0.222. The van der Waals surface area contributed by atoms with Gasteiger partial charge in [-0.25, -0.2) is 8.78 Å². The zero-order valence-corrected chi connectivity index (χ0v) is 9.77. The van der Waals surface area contributed by atoms with Crippen molar-refractivity contribution in [3.63, 3.8) is 0 Å². The molecule has 0 fully saturated rings. The van der Waals surface area contributed by atoms with Crippen LogP contribution in [0, 0.1) is 11.6 Å². The van der Waals surface area contributed by atoms with Gasteiger partial charge in [-0.15, -0.1) is 0 Å². The highest BCUT2D eigenvalue weighted by atomic mass is 31.2. The highest BCUT2D eigenvalue weighted by molar-refractivity contribution is 7.60. The summed E-state index contributed by atoms with van der Waals surface area (Å²) in [4.78, 5) is 28.4. The number of hydrogen-bond donors (Lipinski definition) is 4. The maximum Gasteiger partial charge on any atom is 0.359 e. The van der Waals surface area contributed by atoms with Crippen LogP contribution in [0.25, 0.3) is 0 Å². The molecule has 0 saturated carbocycles. The SMILES string of the molecule is NC(Cc1ccc(F)c(F)c1P(=O)(O)O)C(=O)O. The van der Waals surface area contributed by atoms with E-state index in [0.717, 1.165) is 6.07 Å². The van der Waals surface area contributed by atoms with Gasteiger partial charge in [0, 0.05) is 0 Å². The van der Waals surface area contributed by atoms with E-state index in [-0.39, 0.29) is 5.56 Å². The van der Waals surface area contributed by atoms with E-state index in [2.05, 4.69) is 0 Å². The maximum atomic E-state index is 13.4. The molecule has 1 aromatic carbocycles. The highest BCUT2D eigenvalue weighted by Crippen LogP contribution is 2.36. The third-order valence-corrected chi connectivity index (χ3v) is 3.27. The Labute approximate surface area is 100 Å². The summed E-state index contributed by atoms with van der Waals surface area (Å²) in [6.45, 7) is 0. The molecule has 0 bridgehead atoms. The van der Waals surface area contributed by atoms with E-state index in [1.807, 2.05) is 0 Å². The van der Waals surface area contributed by atoms with Gasteiger partial charge in [-0.05, 0) is 18.1 Å². The molecule has 1 rings (SSSR count). The van der Waals surface area contributed by atoms with Crippen LogP contribution in [0.3, 0.4) is 0 Å². The van der Waals surface area contributed by atoms with Gasteiger partial charge < -0.3 is 20.6 Å². The van der Waals surface area contributed by atoms with Gasteiger partial charge in [0.15, 0.2) is 11.6 Å². The van der Waals surface area contributed by atoms with Crippen LogP contribution in [0.4, 0.5) is 8.78 Å². The van der Waals surface area contributed by atoms with Crippen molar-refractivity contribution in [3.05, 3.63) is 29.3 Å². The molecule has 0 aliphatic carbocycles. The van der Waals surface area contributed by atoms with Crippen molar-refractivity contribution in [2.45, 2.75) is 12.5 Å². The molecule has 6 nitrogen and oxygen atoms in total. The molecule has 1 atom stereocenters. The average Bonchev–Trinajstić information content (AvgIpc) is 2.21. The molecule has 1 unspecified atom stereocenters. The van der Waals surface area contributed by atoms with Crippen molar-refractivity contribution in [2.75, 3.05) is 0 Å².